The first-order valence-electron chi connectivity index (χ1n) is 6.27. The van der Waals surface area contributed by atoms with Gasteiger partial charge in [-0.3, -0.25) is 4.79 Å². The zero-order valence-corrected chi connectivity index (χ0v) is 12.0. The van der Waals surface area contributed by atoms with Crippen LogP contribution in [0.25, 0.3) is 0 Å². The highest BCUT2D eigenvalue weighted by atomic mass is 79.9. The predicted octanol–water partition coefficient (Wildman–Crippen LogP) is 2.66. The van der Waals surface area contributed by atoms with Crippen LogP contribution in [0.4, 0.5) is 0 Å². The minimum atomic E-state index is -0.277. The normalized spacial score (nSPS) is 24.8. The Kier molecular flexibility index (Phi) is 4.78. The van der Waals surface area contributed by atoms with Crippen LogP contribution in [-0.4, -0.2) is 25.2 Å². The molecular formula is C14H18BrNO2. The number of carbonyl (C=O) groups excluding carboxylic acids is 1. The molecule has 0 aliphatic carbocycles. The summed E-state index contributed by atoms with van der Waals surface area (Å²) in [4.78, 5) is 12.1. The van der Waals surface area contributed by atoms with Crippen molar-refractivity contribution in [1.29, 1.82) is 0 Å². The van der Waals surface area contributed by atoms with E-state index in [2.05, 4.69) is 28.2 Å². The summed E-state index contributed by atoms with van der Waals surface area (Å²) < 4.78 is 5.44. The van der Waals surface area contributed by atoms with Crippen molar-refractivity contribution in [2.45, 2.75) is 24.3 Å². The number of rotatable bonds is 4. The summed E-state index contributed by atoms with van der Waals surface area (Å²) in [5.41, 5.74) is 1.16. The summed E-state index contributed by atoms with van der Waals surface area (Å²) in [5, 5.41) is 2.94. The van der Waals surface area contributed by atoms with Crippen molar-refractivity contribution in [2.24, 2.45) is 5.92 Å². The van der Waals surface area contributed by atoms with E-state index < -0.39 is 0 Å². The lowest BCUT2D eigenvalue weighted by atomic mass is 10.0. The van der Waals surface area contributed by atoms with Crippen LogP contribution in [0.1, 0.15) is 23.7 Å². The van der Waals surface area contributed by atoms with Crippen LogP contribution in [-0.2, 0) is 9.53 Å². The highest BCUT2D eigenvalue weighted by Gasteiger charge is 2.30. The van der Waals surface area contributed by atoms with E-state index in [9.17, 15) is 4.79 Å². The maximum Gasteiger partial charge on any atom is 0.249 e. The highest BCUT2D eigenvalue weighted by Crippen LogP contribution is 2.23. The maximum absolute atomic E-state index is 11.9. The van der Waals surface area contributed by atoms with Gasteiger partial charge in [0.15, 0.2) is 0 Å². The fourth-order valence-corrected chi connectivity index (χ4v) is 2.57. The number of ether oxygens (including phenoxy) is 1. The van der Waals surface area contributed by atoms with Crippen molar-refractivity contribution < 1.29 is 9.53 Å². The average molecular weight is 312 g/mol. The van der Waals surface area contributed by atoms with Crippen molar-refractivity contribution in [2.75, 3.05) is 13.2 Å². The molecule has 2 rings (SSSR count). The number of alkyl halides is 1. The molecule has 1 aliphatic heterocycles. The quantitative estimate of drug-likeness (QED) is 0.868. The average Bonchev–Trinajstić information content (AvgIpc) is 2.83. The second-order valence-electron chi connectivity index (χ2n) is 4.68. The molecule has 1 amide bonds. The molecule has 0 bridgehead atoms. The molecular weight excluding hydrogens is 294 g/mol. The summed E-state index contributed by atoms with van der Waals surface area (Å²) in [6.45, 7) is 3.32. The van der Waals surface area contributed by atoms with Crippen LogP contribution >= 0.6 is 15.9 Å². The van der Waals surface area contributed by atoms with Gasteiger partial charge in [-0.25, -0.2) is 0 Å². The Hall–Kier alpha value is -0.870. The van der Waals surface area contributed by atoms with E-state index in [0.29, 0.717) is 19.1 Å². The minimum absolute atomic E-state index is 0.000353. The number of halogens is 1. The van der Waals surface area contributed by atoms with E-state index in [4.69, 9.17) is 4.74 Å². The molecule has 3 atom stereocenters. The first-order valence-corrected chi connectivity index (χ1v) is 7.18. The van der Waals surface area contributed by atoms with Crippen molar-refractivity contribution in [3.05, 3.63) is 35.9 Å². The molecule has 1 heterocycles. The molecule has 0 aromatic heterocycles. The first-order chi connectivity index (χ1) is 8.68. The number of benzene rings is 1. The van der Waals surface area contributed by atoms with Gasteiger partial charge in [-0.05, 0) is 17.9 Å². The van der Waals surface area contributed by atoms with E-state index in [1.54, 1.807) is 0 Å². The van der Waals surface area contributed by atoms with Gasteiger partial charge in [0.05, 0.1) is 4.83 Å². The number of hydrogen-bond donors (Lipinski definition) is 1. The third-order valence-electron chi connectivity index (χ3n) is 3.26. The van der Waals surface area contributed by atoms with Crippen molar-refractivity contribution in [3.63, 3.8) is 0 Å². The molecule has 1 fully saturated rings. The molecule has 1 aromatic rings. The van der Waals surface area contributed by atoms with Crippen LogP contribution in [0.3, 0.4) is 0 Å². The second kappa shape index (κ2) is 6.34. The molecule has 0 radical (unpaired) electrons. The number of amides is 1. The van der Waals surface area contributed by atoms with Gasteiger partial charge in [0.2, 0.25) is 5.91 Å². The Morgan fingerprint density at radius 1 is 1.50 bits per heavy atom. The molecule has 0 spiro atoms. The van der Waals surface area contributed by atoms with Crippen LogP contribution in [0.2, 0.25) is 0 Å². The molecule has 1 saturated heterocycles. The minimum Gasteiger partial charge on any atom is -0.368 e. The Bertz CT molecular complexity index is 396. The first kappa shape index (κ1) is 13.6. The molecule has 0 saturated carbocycles. The van der Waals surface area contributed by atoms with Gasteiger partial charge >= 0.3 is 0 Å². The van der Waals surface area contributed by atoms with Gasteiger partial charge in [-0.2, -0.15) is 0 Å². The van der Waals surface area contributed by atoms with E-state index >= 15 is 0 Å². The molecule has 3 nitrogen and oxygen atoms in total. The summed E-state index contributed by atoms with van der Waals surface area (Å²) in [6.07, 6.45) is 0.689. The molecule has 1 aromatic carbocycles. The fourth-order valence-electron chi connectivity index (χ4n) is 2.10. The van der Waals surface area contributed by atoms with Crippen LogP contribution < -0.4 is 5.32 Å². The Morgan fingerprint density at radius 3 is 2.83 bits per heavy atom. The third kappa shape index (κ3) is 3.33. The zero-order chi connectivity index (χ0) is 13.0. The summed E-state index contributed by atoms with van der Waals surface area (Å²) in [7, 11) is 0. The van der Waals surface area contributed by atoms with Gasteiger partial charge in [0.1, 0.15) is 6.10 Å². The number of nitrogens with one attached hydrogen (secondary N) is 1. The van der Waals surface area contributed by atoms with Crippen molar-refractivity contribution in [3.8, 4) is 0 Å². The highest BCUT2D eigenvalue weighted by molar-refractivity contribution is 9.09. The molecule has 1 aliphatic rings. The molecule has 4 heteroatoms. The number of carbonyl (C=O) groups is 1. The molecule has 1 N–H and O–H groups in total. The maximum atomic E-state index is 11.9. The summed E-state index contributed by atoms with van der Waals surface area (Å²) >= 11 is 3.58. The van der Waals surface area contributed by atoms with E-state index in [1.165, 1.54) is 0 Å². The van der Waals surface area contributed by atoms with Crippen molar-refractivity contribution >= 4 is 21.8 Å². The Labute approximate surface area is 116 Å². The van der Waals surface area contributed by atoms with Gasteiger partial charge in [-0.15, -0.1) is 0 Å². The zero-order valence-electron chi connectivity index (χ0n) is 10.4. The van der Waals surface area contributed by atoms with Crippen LogP contribution in [0.5, 0.6) is 0 Å². The predicted molar refractivity (Wildman–Crippen MR) is 74.6 cm³/mol. The van der Waals surface area contributed by atoms with Gasteiger partial charge in [0.25, 0.3) is 0 Å². The summed E-state index contributed by atoms with van der Waals surface area (Å²) in [6, 6.07) is 10.1. The van der Waals surface area contributed by atoms with E-state index in [-0.39, 0.29) is 16.8 Å². The molecule has 98 valence electrons. The summed E-state index contributed by atoms with van der Waals surface area (Å²) in [5.74, 6) is 0.316. The standard InChI is InChI=1S/C14H18BrNO2/c1-10-7-8-18-13(10)14(17)16-9-12(15)11-5-3-2-4-6-11/h2-6,10,12-13H,7-9H2,1H3,(H,16,17). The Morgan fingerprint density at radius 2 is 2.22 bits per heavy atom. The van der Waals surface area contributed by atoms with Crippen LogP contribution in [0, 0.1) is 5.92 Å². The molecule has 18 heavy (non-hydrogen) atoms. The topological polar surface area (TPSA) is 38.3 Å². The van der Waals surface area contributed by atoms with Crippen LogP contribution in [0.15, 0.2) is 30.3 Å². The lowest BCUT2D eigenvalue weighted by Crippen LogP contribution is -2.38. The Balaban J connectivity index is 1.83. The lowest BCUT2D eigenvalue weighted by molar-refractivity contribution is -0.131. The number of hydrogen-bond acceptors (Lipinski definition) is 2. The van der Waals surface area contributed by atoms with Crippen molar-refractivity contribution in [1.82, 2.24) is 5.32 Å². The van der Waals surface area contributed by atoms with Gasteiger partial charge < -0.3 is 10.1 Å². The third-order valence-corrected chi connectivity index (χ3v) is 4.12. The van der Waals surface area contributed by atoms with E-state index in [0.717, 1.165) is 12.0 Å². The smallest absolute Gasteiger partial charge is 0.249 e. The fraction of sp³-hybridized carbons (Fsp3) is 0.500. The lowest BCUT2D eigenvalue weighted by Gasteiger charge is -2.16. The SMILES string of the molecule is CC1CCOC1C(=O)NCC(Br)c1ccccc1. The second-order valence-corrected chi connectivity index (χ2v) is 5.79. The van der Waals surface area contributed by atoms with E-state index in [1.807, 2.05) is 30.3 Å². The van der Waals surface area contributed by atoms with Gasteiger partial charge in [-0.1, -0.05) is 53.2 Å². The monoisotopic (exact) mass is 311 g/mol. The largest absolute Gasteiger partial charge is 0.368 e. The van der Waals surface area contributed by atoms with Gasteiger partial charge in [0, 0.05) is 13.2 Å². The molecule has 3 unspecified atom stereocenters.